The summed E-state index contributed by atoms with van der Waals surface area (Å²) in [6, 6.07) is 4.10. The summed E-state index contributed by atoms with van der Waals surface area (Å²) in [6.07, 6.45) is 3.63. The Labute approximate surface area is 126 Å². The van der Waals surface area contributed by atoms with Gasteiger partial charge < -0.3 is 15.2 Å². The molecule has 0 aromatic carbocycles. The predicted octanol–water partition coefficient (Wildman–Crippen LogP) is 2.20. The molecule has 0 saturated carbocycles. The first kappa shape index (κ1) is 14.3. The van der Waals surface area contributed by atoms with Crippen LogP contribution >= 0.6 is 0 Å². The second-order valence-corrected chi connectivity index (χ2v) is 6.41. The number of aromatic amines is 1. The van der Waals surface area contributed by atoms with E-state index in [2.05, 4.69) is 33.3 Å². The predicted molar refractivity (Wildman–Crippen MR) is 86.7 cm³/mol. The highest BCUT2D eigenvalue weighted by Gasteiger charge is 2.21. The quantitative estimate of drug-likeness (QED) is 0.905. The summed E-state index contributed by atoms with van der Waals surface area (Å²) in [5.41, 5.74) is 1.86. The maximum absolute atomic E-state index is 4.68. The molecule has 2 aromatic heterocycles. The van der Waals surface area contributed by atoms with Gasteiger partial charge in [0.1, 0.15) is 11.6 Å². The van der Waals surface area contributed by atoms with Crippen molar-refractivity contribution in [3.05, 3.63) is 18.0 Å². The van der Waals surface area contributed by atoms with Gasteiger partial charge in [-0.15, -0.1) is 0 Å². The van der Waals surface area contributed by atoms with E-state index in [0.29, 0.717) is 5.92 Å². The summed E-state index contributed by atoms with van der Waals surface area (Å²) >= 11 is 0. The lowest BCUT2D eigenvalue weighted by atomic mass is 9.85. The lowest BCUT2D eigenvalue weighted by Crippen LogP contribution is -2.34. The molecule has 1 aliphatic heterocycles. The van der Waals surface area contributed by atoms with Gasteiger partial charge in [-0.3, -0.25) is 0 Å². The van der Waals surface area contributed by atoms with Crippen molar-refractivity contribution >= 4 is 17.0 Å². The maximum atomic E-state index is 4.68. The SMILES string of the molecule is CC(Cc1nc2nc(N(C)C)ccc2[nH]1)C1CCCNC1. The molecule has 5 nitrogen and oxygen atoms in total. The molecule has 3 heterocycles. The van der Waals surface area contributed by atoms with E-state index in [1.165, 1.54) is 19.4 Å². The van der Waals surface area contributed by atoms with Gasteiger partial charge in [-0.25, -0.2) is 9.97 Å². The molecule has 3 rings (SSSR count). The fourth-order valence-corrected chi connectivity index (χ4v) is 3.11. The van der Waals surface area contributed by atoms with E-state index in [4.69, 9.17) is 0 Å². The van der Waals surface area contributed by atoms with Gasteiger partial charge in [0, 0.05) is 20.5 Å². The van der Waals surface area contributed by atoms with Crippen molar-refractivity contribution in [1.82, 2.24) is 20.3 Å². The second-order valence-electron chi connectivity index (χ2n) is 6.41. The third-order valence-electron chi connectivity index (χ3n) is 4.49. The fourth-order valence-electron chi connectivity index (χ4n) is 3.11. The molecule has 0 aliphatic carbocycles. The number of hydrogen-bond donors (Lipinski definition) is 2. The molecular weight excluding hydrogens is 262 g/mol. The summed E-state index contributed by atoms with van der Waals surface area (Å²) in [6.45, 7) is 4.65. The van der Waals surface area contributed by atoms with E-state index in [1.54, 1.807) is 0 Å². The lowest BCUT2D eigenvalue weighted by molar-refractivity contribution is 0.276. The first-order valence-electron chi connectivity index (χ1n) is 7.87. The van der Waals surface area contributed by atoms with Crippen LogP contribution in [0.3, 0.4) is 0 Å². The van der Waals surface area contributed by atoms with Gasteiger partial charge in [-0.2, -0.15) is 0 Å². The van der Waals surface area contributed by atoms with Crippen LogP contribution in [0.5, 0.6) is 0 Å². The fraction of sp³-hybridized carbons (Fsp3) is 0.625. The highest BCUT2D eigenvalue weighted by molar-refractivity contribution is 5.73. The van der Waals surface area contributed by atoms with Crippen LogP contribution in [0.2, 0.25) is 0 Å². The molecule has 0 bridgehead atoms. The van der Waals surface area contributed by atoms with Gasteiger partial charge in [0.25, 0.3) is 0 Å². The van der Waals surface area contributed by atoms with Gasteiger partial charge in [-0.05, 0) is 49.9 Å². The highest BCUT2D eigenvalue weighted by atomic mass is 15.1. The molecular formula is C16H25N5. The topological polar surface area (TPSA) is 56.8 Å². The van der Waals surface area contributed by atoms with E-state index in [1.807, 2.05) is 25.1 Å². The van der Waals surface area contributed by atoms with Crippen LogP contribution in [0.1, 0.15) is 25.6 Å². The summed E-state index contributed by atoms with van der Waals surface area (Å²) in [7, 11) is 4.00. The average molecular weight is 287 g/mol. The number of pyridine rings is 1. The lowest BCUT2D eigenvalue weighted by Gasteiger charge is -2.27. The zero-order valence-corrected chi connectivity index (χ0v) is 13.2. The van der Waals surface area contributed by atoms with E-state index >= 15 is 0 Å². The second kappa shape index (κ2) is 6.02. The number of nitrogens with one attached hydrogen (secondary N) is 2. The highest BCUT2D eigenvalue weighted by Crippen LogP contribution is 2.23. The molecule has 2 aromatic rings. The first-order valence-corrected chi connectivity index (χ1v) is 7.87. The van der Waals surface area contributed by atoms with Crippen molar-refractivity contribution in [3.8, 4) is 0 Å². The van der Waals surface area contributed by atoms with Crippen molar-refractivity contribution in [2.75, 3.05) is 32.1 Å². The Morgan fingerprint density at radius 2 is 2.19 bits per heavy atom. The molecule has 114 valence electrons. The van der Waals surface area contributed by atoms with Crippen LogP contribution in [0.4, 0.5) is 5.82 Å². The monoisotopic (exact) mass is 287 g/mol. The van der Waals surface area contributed by atoms with E-state index < -0.39 is 0 Å². The van der Waals surface area contributed by atoms with Crippen LogP contribution < -0.4 is 10.2 Å². The number of nitrogens with zero attached hydrogens (tertiary/aromatic N) is 3. The Bertz CT molecular complexity index is 598. The van der Waals surface area contributed by atoms with Gasteiger partial charge in [0.15, 0.2) is 5.65 Å². The van der Waals surface area contributed by atoms with Crippen molar-refractivity contribution < 1.29 is 0 Å². The zero-order valence-electron chi connectivity index (χ0n) is 13.2. The van der Waals surface area contributed by atoms with Crippen LogP contribution in [-0.4, -0.2) is 42.1 Å². The number of H-pyrrole nitrogens is 1. The third-order valence-corrected chi connectivity index (χ3v) is 4.49. The van der Waals surface area contributed by atoms with Crippen molar-refractivity contribution in [1.29, 1.82) is 0 Å². The van der Waals surface area contributed by atoms with E-state index in [0.717, 1.165) is 41.7 Å². The molecule has 1 fully saturated rings. The van der Waals surface area contributed by atoms with Gasteiger partial charge in [0.2, 0.25) is 0 Å². The standard InChI is InChI=1S/C16H25N5/c1-11(12-5-4-8-17-10-12)9-14-18-13-6-7-15(21(2)3)20-16(13)19-14/h6-7,11-12,17H,4-5,8-10H2,1-3H3,(H,18,19,20). The molecule has 2 atom stereocenters. The number of hydrogen-bond acceptors (Lipinski definition) is 4. The first-order chi connectivity index (χ1) is 10.1. The van der Waals surface area contributed by atoms with Crippen LogP contribution in [0, 0.1) is 11.8 Å². The Hall–Kier alpha value is -1.62. The molecule has 2 unspecified atom stereocenters. The van der Waals surface area contributed by atoms with Gasteiger partial charge in [-0.1, -0.05) is 6.92 Å². The minimum Gasteiger partial charge on any atom is -0.363 e. The molecule has 2 N–H and O–H groups in total. The summed E-state index contributed by atoms with van der Waals surface area (Å²) in [5, 5.41) is 3.50. The Balaban J connectivity index is 1.74. The van der Waals surface area contributed by atoms with Crippen molar-refractivity contribution in [2.45, 2.75) is 26.2 Å². The van der Waals surface area contributed by atoms with Crippen molar-refractivity contribution in [3.63, 3.8) is 0 Å². The zero-order chi connectivity index (χ0) is 14.8. The number of anilines is 1. The molecule has 0 amide bonds. The number of piperidine rings is 1. The van der Waals surface area contributed by atoms with Crippen LogP contribution in [0.15, 0.2) is 12.1 Å². The van der Waals surface area contributed by atoms with Crippen LogP contribution in [0.25, 0.3) is 11.2 Å². The molecule has 1 saturated heterocycles. The summed E-state index contributed by atoms with van der Waals surface area (Å²) in [5.74, 6) is 3.42. The molecule has 0 radical (unpaired) electrons. The number of aromatic nitrogens is 3. The largest absolute Gasteiger partial charge is 0.363 e. The van der Waals surface area contributed by atoms with Crippen molar-refractivity contribution in [2.24, 2.45) is 11.8 Å². The summed E-state index contributed by atoms with van der Waals surface area (Å²) in [4.78, 5) is 14.7. The Morgan fingerprint density at radius 3 is 2.90 bits per heavy atom. The third kappa shape index (κ3) is 3.18. The summed E-state index contributed by atoms with van der Waals surface area (Å²) < 4.78 is 0. The average Bonchev–Trinajstić information content (AvgIpc) is 2.89. The Morgan fingerprint density at radius 1 is 1.33 bits per heavy atom. The smallest absolute Gasteiger partial charge is 0.179 e. The molecule has 0 spiro atoms. The number of imidazole rings is 1. The van der Waals surface area contributed by atoms with Gasteiger partial charge in [0.05, 0.1) is 5.52 Å². The molecule has 5 heteroatoms. The normalized spacial score (nSPS) is 20.6. The minimum absolute atomic E-state index is 0.645. The van der Waals surface area contributed by atoms with E-state index in [-0.39, 0.29) is 0 Å². The maximum Gasteiger partial charge on any atom is 0.179 e. The van der Waals surface area contributed by atoms with E-state index in [9.17, 15) is 0 Å². The minimum atomic E-state index is 0.645. The number of rotatable bonds is 4. The van der Waals surface area contributed by atoms with Gasteiger partial charge >= 0.3 is 0 Å². The molecule has 21 heavy (non-hydrogen) atoms. The van der Waals surface area contributed by atoms with Crippen LogP contribution in [-0.2, 0) is 6.42 Å². The molecule has 1 aliphatic rings. The Kier molecular flexibility index (Phi) is 4.10. The number of fused-ring (bicyclic) bond motifs is 1.